The van der Waals surface area contributed by atoms with Gasteiger partial charge in [-0.25, -0.2) is 0 Å². The van der Waals surface area contributed by atoms with E-state index in [0.717, 1.165) is 38.8 Å². The summed E-state index contributed by atoms with van der Waals surface area (Å²) in [5.74, 6) is 2.64. The van der Waals surface area contributed by atoms with Crippen molar-refractivity contribution in [1.29, 1.82) is 0 Å². The molecule has 0 radical (unpaired) electrons. The zero-order valence-corrected chi connectivity index (χ0v) is 8.38. The van der Waals surface area contributed by atoms with Crippen molar-refractivity contribution in [3.05, 3.63) is 0 Å². The van der Waals surface area contributed by atoms with Crippen molar-refractivity contribution in [3.63, 3.8) is 0 Å². The minimum Gasteiger partial charge on any atom is -0.378 e. The maximum absolute atomic E-state index is 5.58. The summed E-state index contributed by atoms with van der Waals surface area (Å²) >= 11 is 0. The largest absolute Gasteiger partial charge is 0.378 e. The van der Waals surface area contributed by atoms with Crippen molar-refractivity contribution in [2.75, 3.05) is 13.2 Å². The van der Waals surface area contributed by atoms with Gasteiger partial charge in [0.1, 0.15) is 0 Å². The van der Waals surface area contributed by atoms with E-state index in [2.05, 4.69) is 18.2 Å². The third-order valence-corrected chi connectivity index (χ3v) is 2.52. The fraction of sp³-hybridized carbons (Fsp3) is 0.818. The van der Waals surface area contributed by atoms with Gasteiger partial charge >= 0.3 is 0 Å². The molecule has 0 amide bonds. The lowest BCUT2D eigenvalue weighted by Crippen LogP contribution is -2.39. The van der Waals surface area contributed by atoms with Crippen LogP contribution in [-0.2, 0) is 4.74 Å². The van der Waals surface area contributed by atoms with Crippen molar-refractivity contribution < 1.29 is 4.74 Å². The minimum atomic E-state index is 0.456. The molecule has 1 aliphatic rings. The summed E-state index contributed by atoms with van der Waals surface area (Å²) in [6, 6.07) is 0.618. The molecule has 13 heavy (non-hydrogen) atoms. The second-order valence-electron chi connectivity index (χ2n) is 3.53. The van der Waals surface area contributed by atoms with Crippen LogP contribution in [0.5, 0.6) is 0 Å². The lowest BCUT2D eigenvalue weighted by atomic mass is 10.0. The molecule has 1 saturated heterocycles. The molecule has 2 nitrogen and oxygen atoms in total. The van der Waals surface area contributed by atoms with Gasteiger partial charge in [0.25, 0.3) is 0 Å². The summed E-state index contributed by atoms with van der Waals surface area (Å²) in [6.07, 6.45) is 9.85. The second-order valence-corrected chi connectivity index (χ2v) is 3.53. The number of hydrogen-bond acceptors (Lipinski definition) is 2. The SMILES string of the molecule is C#CCCNC1CCOC(CC)C1. The van der Waals surface area contributed by atoms with E-state index in [4.69, 9.17) is 11.2 Å². The average Bonchev–Trinajstić information content (AvgIpc) is 2.19. The number of terminal acetylenes is 1. The molecule has 1 aliphatic heterocycles. The van der Waals surface area contributed by atoms with Crippen LogP contribution in [0.1, 0.15) is 32.6 Å². The van der Waals surface area contributed by atoms with E-state index in [0.29, 0.717) is 12.1 Å². The molecular formula is C11H19NO. The van der Waals surface area contributed by atoms with E-state index < -0.39 is 0 Å². The highest BCUT2D eigenvalue weighted by molar-refractivity contribution is 4.85. The Kier molecular flexibility index (Phi) is 4.88. The fourth-order valence-corrected chi connectivity index (χ4v) is 1.70. The van der Waals surface area contributed by atoms with E-state index in [1.165, 1.54) is 0 Å². The first kappa shape index (κ1) is 10.6. The smallest absolute Gasteiger partial charge is 0.0587 e. The van der Waals surface area contributed by atoms with Crippen LogP contribution in [0.2, 0.25) is 0 Å². The summed E-state index contributed by atoms with van der Waals surface area (Å²) in [6.45, 7) is 4.01. The minimum absolute atomic E-state index is 0.456. The molecule has 0 bridgehead atoms. The standard InChI is InChI=1S/C11H19NO/c1-3-5-7-12-10-6-8-13-11(4-2)9-10/h1,10-12H,4-9H2,2H3. The van der Waals surface area contributed by atoms with Crippen LogP contribution < -0.4 is 5.32 Å². The number of ether oxygens (including phenoxy) is 1. The first-order chi connectivity index (χ1) is 6.36. The quantitative estimate of drug-likeness (QED) is 0.525. The maximum Gasteiger partial charge on any atom is 0.0587 e. The molecule has 2 heteroatoms. The zero-order valence-electron chi connectivity index (χ0n) is 8.38. The van der Waals surface area contributed by atoms with Crippen LogP contribution in [0.15, 0.2) is 0 Å². The summed E-state index contributed by atoms with van der Waals surface area (Å²) in [4.78, 5) is 0. The molecule has 0 spiro atoms. The predicted molar refractivity (Wildman–Crippen MR) is 54.5 cm³/mol. The Morgan fingerprint density at radius 2 is 2.46 bits per heavy atom. The van der Waals surface area contributed by atoms with Gasteiger partial charge < -0.3 is 10.1 Å². The molecule has 1 fully saturated rings. The zero-order chi connectivity index (χ0) is 9.52. The maximum atomic E-state index is 5.58. The number of rotatable bonds is 4. The Balaban J connectivity index is 2.15. The van der Waals surface area contributed by atoms with Crippen molar-refractivity contribution >= 4 is 0 Å². The summed E-state index contributed by atoms with van der Waals surface area (Å²) in [7, 11) is 0. The molecule has 1 rings (SSSR count). The predicted octanol–water partition coefficient (Wildman–Crippen LogP) is 1.56. The molecule has 74 valence electrons. The van der Waals surface area contributed by atoms with Gasteiger partial charge in [-0.05, 0) is 19.3 Å². The van der Waals surface area contributed by atoms with Crippen molar-refractivity contribution in [2.45, 2.75) is 44.8 Å². The average molecular weight is 181 g/mol. The van der Waals surface area contributed by atoms with Gasteiger partial charge in [0, 0.05) is 25.6 Å². The Morgan fingerprint density at radius 1 is 1.62 bits per heavy atom. The van der Waals surface area contributed by atoms with E-state index in [1.807, 2.05) is 0 Å². The summed E-state index contributed by atoms with van der Waals surface area (Å²) < 4.78 is 5.58. The Morgan fingerprint density at radius 3 is 3.15 bits per heavy atom. The monoisotopic (exact) mass is 181 g/mol. The van der Waals surface area contributed by atoms with Crippen molar-refractivity contribution in [1.82, 2.24) is 5.32 Å². The molecule has 0 aromatic rings. The van der Waals surface area contributed by atoms with Gasteiger partial charge in [-0.15, -0.1) is 12.3 Å². The highest BCUT2D eigenvalue weighted by Crippen LogP contribution is 2.15. The van der Waals surface area contributed by atoms with Crippen LogP contribution in [0.3, 0.4) is 0 Å². The Bertz CT molecular complexity index is 173. The van der Waals surface area contributed by atoms with E-state index in [1.54, 1.807) is 0 Å². The van der Waals surface area contributed by atoms with Crippen LogP contribution in [-0.4, -0.2) is 25.3 Å². The highest BCUT2D eigenvalue weighted by atomic mass is 16.5. The van der Waals surface area contributed by atoms with E-state index in [9.17, 15) is 0 Å². The molecule has 0 aromatic carbocycles. The van der Waals surface area contributed by atoms with E-state index in [-0.39, 0.29) is 0 Å². The van der Waals surface area contributed by atoms with Crippen molar-refractivity contribution in [2.24, 2.45) is 0 Å². The van der Waals surface area contributed by atoms with Gasteiger partial charge in [0.2, 0.25) is 0 Å². The summed E-state index contributed by atoms with van der Waals surface area (Å²) in [5.41, 5.74) is 0. The first-order valence-electron chi connectivity index (χ1n) is 5.15. The molecule has 0 aliphatic carbocycles. The Hall–Kier alpha value is -0.520. The van der Waals surface area contributed by atoms with Gasteiger partial charge in [0.05, 0.1) is 6.10 Å². The lowest BCUT2D eigenvalue weighted by molar-refractivity contribution is 0.000163. The number of hydrogen-bond donors (Lipinski definition) is 1. The third kappa shape index (κ3) is 3.80. The van der Waals surface area contributed by atoms with Crippen molar-refractivity contribution in [3.8, 4) is 12.3 Å². The van der Waals surface area contributed by atoms with Crippen LogP contribution in [0, 0.1) is 12.3 Å². The van der Waals surface area contributed by atoms with Gasteiger partial charge in [-0.1, -0.05) is 6.92 Å². The first-order valence-corrected chi connectivity index (χ1v) is 5.15. The van der Waals surface area contributed by atoms with Crippen LogP contribution in [0.25, 0.3) is 0 Å². The van der Waals surface area contributed by atoms with Crippen LogP contribution >= 0.6 is 0 Å². The molecule has 1 heterocycles. The Labute approximate surface area is 81.0 Å². The topological polar surface area (TPSA) is 21.3 Å². The fourth-order valence-electron chi connectivity index (χ4n) is 1.70. The molecule has 0 aromatic heterocycles. The second kappa shape index (κ2) is 6.01. The number of nitrogens with one attached hydrogen (secondary N) is 1. The van der Waals surface area contributed by atoms with Gasteiger partial charge in [-0.3, -0.25) is 0 Å². The third-order valence-electron chi connectivity index (χ3n) is 2.52. The highest BCUT2D eigenvalue weighted by Gasteiger charge is 2.20. The van der Waals surface area contributed by atoms with Crippen LogP contribution in [0.4, 0.5) is 0 Å². The van der Waals surface area contributed by atoms with Gasteiger partial charge in [-0.2, -0.15) is 0 Å². The summed E-state index contributed by atoms with van der Waals surface area (Å²) in [5, 5.41) is 3.46. The lowest BCUT2D eigenvalue weighted by Gasteiger charge is -2.29. The van der Waals surface area contributed by atoms with Gasteiger partial charge in [0.15, 0.2) is 0 Å². The normalized spacial score (nSPS) is 28.3. The molecule has 2 atom stereocenters. The molecular weight excluding hydrogens is 162 g/mol. The van der Waals surface area contributed by atoms with E-state index >= 15 is 0 Å². The molecule has 0 saturated carbocycles. The molecule has 1 N–H and O–H groups in total. The molecule has 2 unspecified atom stereocenters.